The van der Waals surface area contributed by atoms with Gasteiger partial charge in [0.2, 0.25) is 5.91 Å². The molecule has 0 aliphatic heterocycles. The number of hydrogen-bond acceptors (Lipinski definition) is 2. The molecule has 0 saturated carbocycles. The highest BCUT2D eigenvalue weighted by Crippen LogP contribution is 2.26. The molecule has 0 aliphatic rings. The molecule has 2 rings (SSSR count). The zero-order chi connectivity index (χ0) is 15.2. The van der Waals surface area contributed by atoms with Gasteiger partial charge in [-0.3, -0.25) is 4.79 Å². The summed E-state index contributed by atoms with van der Waals surface area (Å²) in [5, 5.41) is 2.96. The van der Waals surface area contributed by atoms with Crippen molar-refractivity contribution in [3.8, 4) is 0 Å². The lowest BCUT2D eigenvalue weighted by atomic mass is 10.1. The van der Waals surface area contributed by atoms with Crippen molar-refractivity contribution >= 4 is 23.4 Å². The summed E-state index contributed by atoms with van der Waals surface area (Å²) in [7, 11) is 0. The van der Waals surface area contributed by atoms with Gasteiger partial charge in [-0.05, 0) is 43.5 Å². The van der Waals surface area contributed by atoms with E-state index >= 15 is 0 Å². The molecule has 0 radical (unpaired) electrons. The van der Waals surface area contributed by atoms with Gasteiger partial charge in [0, 0.05) is 10.6 Å². The Labute approximate surface area is 131 Å². The van der Waals surface area contributed by atoms with Gasteiger partial charge in [0.1, 0.15) is 0 Å². The van der Waals surface area contributed by atoms with Gasteiger partial charge in [-0.1, -0.05) is 43.3 Å². The average molecular weight is 299 g/mol. The summed E-state index contributed by atoms with van der Waals surface area (Å²) < 4.78 is 0. The smallest absolute Gasteiger partial charge is 0.237 e. The number of rotatable bonds is 5. The highest BCUT2D eigenvalue weighted by Gasteiger charge is 2.16. The Bertz CT molecular complexity index is 610. The Morgan fingerprint density at radius 2 is 1.86 bits per heavy atom. The van der Waals surface area contributed by atoms with Gasteiger partial charge in [-0.2, -0.15) is 0 Å². The van der Waals surface area contributed by atoms with Crippen molar-refractivity contribution in [3.63, 3.8) is 0 Å². The summed E-state index contributed by atoms with van der Waals surface area (Å²) in [6.07, 6.45) is 0.914. The van der Waals surface area contributed by atoms with Crippen LogP contribution < -0.4 is 5.32 Å². The second-order valence-electron chi connectivity index (χ2n) is 5.02. The summed E-state index contributed by atoms with van der Waals surface area (Å²) >= 11 is 1.58. The van der Waals surface area contributed by atoms with E-state index in [4.69, 9.17) is 0 Å². The molecule has 3 heteroatoms. The lowest BCUT2D eigenvalue weighted by Crippen LogP contribution is -2.23. The van der Waals surface area contributed by atoms with Gasteiger partial charge in [0.15, 0.2) is 0 Å². The first-order chi connectivity index (χ1) is 10.1. The Kier molecular flexibility index (Phi) is 5.45. The van der Waals surface area contributed by atoms with Crippen LogP contribution >= 0.6 is 11.8 Å². The Morgan fingerprint density at radius 1 is 1.14 bits per heavy atom. The first-order valence-corrected chi connectivity index (χ1v) is 8.10. The highest BCUT2D eigenvalue weighted by molar-refractivity contribution is 8.00. The molecule has 0 saturated heterocycles. The van der Waals surface area contributed by atoms with Crippen LogP contribution in [0.1, 0.15) is 25.0 Å². The van der Waals surface area contributed by atoms with Gasteiger partial charge in [-0.15, -0.1) is 11.8 Å². The van der Waals surface area contributed by atoms with Crippen molar-refractivity contribution < 1.29 is 4.79 Å². The lowest BCUT2D eigenvalue weighted by Gasteiger charge is -2.16. The van der Waals surface area contributed by atoms with Crippen molar-refractivity contribution in [1.82, 2.24) is 0 Å². The lowest BCUT2D eigenvalue weighted by molar-refractivity contribution is -0.115. The number of anilines is 1. The molecular formula is C18H21NOS. The summed E-state index contributed by atoms with van der Waals surface area (Å²) in [4.78, 5) is 13.5. The van der Waals surface area contributed by atoms with Crippen molar-refractivity contribution in [2.45, 2.75) is 37.3 Å². The predicted octanol–water partition coefficient (Wildman–Crippen LogP) is 4.68. The molecule has 2 aromatic rings. The number of thioether (sulfide) groups is 1. The van der Waals surface area contributed by atoms with E-state index in [1.165, 1.54) is 5.56 Å². The van der Waals surface area contributed by atoms with Crippen LogP contribution in [0, 0.1) is 6.92 Å². The Balaban J connectivity index is 2.08. The molecule has 1 N–H and O–H groups in total. The number of hydrogen-bond donors (Lipinski definition) is 1. The summed E-state index contributed by atoms with van der Waals surface area (Å²) in [5.41, 5.74) is 3.25. The molecule has 1 atom stereocenters. The van der Waals surface area contributed by atoms with Crippen molar-refractivity contribution in [2.75, 3.05) is 5.32 Å². The quantitative estimate of drug-likeness (QED) is 0.812. The number of aryl methyl sites for hydroxylation is 2. The minimum Gasteiger partial charge on any atom is -0.325 e. The summed E-state index contributed by atoms with van der Waals surface area (Å²) in [6, 6.07) is 16.1. The van der Waals surface area contributed by atoms with Crippen LogP contribution in [0.5, 0.6) is 0 Å². The zero-order valence-corrected chi connectivity index (χ0v) is 13.5. The molecule has 1 amide bonds. The number of benzene rings is 2. The van der Waals surface area contributed by atoms with Crippen LogP contribution in [-0.4, -0.2) is 11.2 Å². The molecule has 110 valence electrons. The van der Waals surface area contributed by atoms with E-state index in [-0.39, 0.29) is 11.2 Å². The zero-order valence-electron chi connectivity index (χ0n) is 12.7. The van der Waals surface area contributed by atoms with E-state index in [9.17, 15) is 4.79 Å². The minimum atomic E-state index is -0.128. The first kappa shape index (κ1) is 15.6. The largest absolute Gasteiger partial charge is 0.325 e. The second-order valence-corrected chi connectivity index (χ2v) is 6.44. The normalized spacial score (nSPS) is 12.0. The first-order valence-electron chi connectivity index (χ1n) is 7.23. The predicted molar refractivity (Wildman–Crippen MR) is 90.9 cm³/mol. The van der Waals surface area contributed by atoms with Gasteiger partial charge in [0.05, 0.1) is 5.25 Å². The molecular weight excluding hydrogens is 278 g/mol. The molecule has 0 bridgehead atoms. The fourth-order valence-electron chi connectivity index (χ4n) is 2.18. The number of carbonyl (C=O) groups is 1. The van der Waals surface area contributed by atoms with E-state index in [1.807, 2.05) is 56.3 Å². The van der Waals surface area contributed by atoms with Crippen LogP contribution in [-0.2, 0) is 11.2 Å². The Hall–Kier alpha value is -1.74. The third kappa shape index (κ3) is 4.11. The number of nitrogens with one attached hydrogen (secondary N) is 1. The average Bonchev–Trinajstić information content (AvgIpc) is 2.50. The molecule has 1 unspecified atom stereocenters. The third-order valence-electron chi connectivity index (χ3n) is 3.41. The summed E-state index contributed by atoms with van der Waals surface area (Å²) in [6.45, 7) is 6.08. The number of carbonyl (C=O) groups excluding carboxylic acids is 1. The fraction of sp³-hybridized carbons (Fsp3) is 0.278. The molecule has 2 nitrogen and oxygen atoms in total. The van der Waals surface area contributed by atoms with Crippen LogP contribution in [0.15, 0.2) is 53.4 Å². The van der Waals surface area contributed by atoms with Crippen LogP contribution in [0.4, 0.5) is 5.69 Å². The topological polar surface area (TPSA) is 29.1 Å². The van der Waals surface area contributed by atoms with Crippen LogP contribution in [0.25, 0.3) is 0 Å². The van der Waals surface area contributed by atoms with E-state index in [1.54, 1.807) is 11.8 Å². The number of para-hydroxylation sites is 1. The molecule has 0 fully saturated rings. The van der Waals surface area contributed by atoms with Crippen LogP contribution in [0.3, 0.4) is 0 Å². The molecule has 0 aliphatic carbocycles. The van der Waals surface area contributed by atoms with Gasteiger partial charge in [0.25, 0.3) is 0 Å². The highest BCUT2D eigenvalue weighted by atomic mass is 32.2. The SMILES string of the molecule is CCc1cccc(C)c1NC(=O)C(C)Sc1ccccc1. The van der Waals surface area contributed by atoms with Crippen molar-refractivity contribution in [3.05, 3.63) is 59.7 Å². The van der Waals surface area contributed by atoms with E-state index in [0.717, 1.165) is 22.6 Å². The van der Waals surface area contributed by atoms with Crippen molar-refractivity contribution in [1.29, 1.82) is 0 Å². The maximum atomic E-state index is 12.4. The van der Waals surface area contributed by atoms with Gasteiger partial charge in [-0.25, -0.2) is 0 Å². The van der Waals surface area contributed by atoms with Crippen molar-refractivity contribution in [2.24, 2.45) is 0 Å². The monoisotopic (exact) mass is 299 g/mol. The molecule has 2 aromatic carbocycles. The van der Waals surface area contributed by atoms with Crippen LogP contribution in [0.2, 0.25) is 0 Å². The minimum absolute atomic E-state index is 0.0489. The van der Waals surface area contributed by atoms with Gasteiger partial charge >= 0.3 is 0 Å². The maximum absolute atomic E-state index is 12.4. The molecule has 21 heavy (non-hydrogen) atoms. The second kappa shape index (κ2) is 7.32. The van der Waals surface area contributed by atoms with E-state index in [2.05, 4.69) is 18.3 Å². The molecule has 0 spiro atoms. The standard InChI is InChI=1S/C18H21NOS/c1-4-15-10-8-9-13(2)17(15)19-18(20)14(3)21-16-11-6-5-7-12-16/h5-12,14H,4H2,1-3H3,(H,19,20). The van der Waals surface area contributed by atoms with Gasteiger partial charge < -0.3 is 5.32 Å². The maximum Gasteiger partial charge on any atom is 0.237 e. The molecule has 0 aromatic heterocycles. The summed E-state index contributed by atoms with van der Waals surface area (Å²) in [5.74, 6) is 0.0489. The van der Waals surface area contributed by atoms with E-state index < -0.39 is 0 Å². The third-order valence-corrected chi connectivity index (χ3v) is 4.53. The molecule has 0 heterocycles. The van der Waals surface area contributed by atoms with E-state index in [0.29, 0.717) is 0 Å². The Morgan fingerprint density at radius 3 is 2.52 bits per heavy atom. The fourth-order valence-corrected chi connectivity index (χ4v) is 3.07. The number of amides is 1.